The van der Waals surface area contributed by atoms with Gasteiger partial charge in [0.2, 0.25) is 5.91 Å². The molecule has 1 saturated carbocycles. The Balaban J connectivity index is 1.52. The number of likely N-dealkylation sites (tertiary alicyclic amines) is 1. The summed E-state index contributed by atoms with van der Waals surface area (Å²) < 4.78 is 0. The molecular weight excluding hydrogens is 312 g/mol. The van der Waals surface area contributed by atoms with Crippen LogP contribution in [0.2, 0.25) is 0 Å². The molecule has 0 bridgehead atoms. The van der Waals surface area contributed by atoms with Crippen LogP contribution in [0.25, 0.3) is 0 Å². The molecule has 2 aromatic carbocycles. The molecule has 2 fully saturated rings. The van der Waals surface area contributed by atoms with Gasteiger partial charge in [-0.2, -0.15) is 0 Å². The zero-order valence-electron chi connectivity index (χ0n) is 14.2. The van der Waals surface area contributed by atoms with E-state index in [1.54, 1.807) is 6.07 Å². The van der Waals surface area contributed by atoms with Crippen molar-refractivity contribution in [2.75, 3.05) is 11.9 Å². The highest BCUT2D eigenvalue weighted by atomic mass is 16.2. The first kappa shape index (κ1) is 15.9. The Morgan fingerprint density at radius 2 is 1.76 bits per heavy atom. The number of hydrogen-bond donors (Lipinski definition) is 1. The van der Waals surface area contributed by atoms with Crippen LogP contribution in [0.3, 0.4) is 0 Å². The second kappa shape index (κ2) is 6.71. The van der Waals surface area contributed by atoms with Crippen molar-refractivity contribution in [2.24, 2.45) is 5.92 Å². The van der Waals surface area contributed by atoms with Gasteiger partial charge in [0.1, 0.15) is 0 Å². The van der Waals surface area contributed by atoms with Crippen molar-refractivity contribution in [3.63, 3.8) is 0 Å². The summed E-state index contributed by atoms with van der Waals surface area (Å²) in [5, 5.41) is 2.92. The fourth-order valence-electron chi connectivity index (χ4n) is 3.52. The average Bonchev–Trinajstić information content (AvgIpc) is 3.39. The molecule has 4 heteroatoms. The van der Waals surface area contributed by atoms with E-state index < -0.39 is 0 Å². The Hall–Kier alpha value is -2.62. The van der Waals surface area contributed by atoms with Crippen LogP contribution in [0.15, 0.2) is 54.6 Å². The van der Waals surface area contributed by atoms with E-state index >= 15 is 0 Å². The number of rotatable bonds is 4. The Labute approximate surface area is 147 Å². The molecule has 4 rings (SSSR count). The van der Waals surface area contributed by atoms with Crippen molar-refractivity contribution in [1.82, 2.24) is 4.90 Å². The number of carbonyl (C=O) groups is 2. The molecule has 1 aliphatic carbocycles. The molecule has 1 aliphatic heterocycles. The summed E-state index contributed by atoms with van der Waals surface area (Å²) in [6.45, 7) is 0.775. The van der Waals surface area contributed by atoms with E-state index in [0.717, 1.165) is 32.2 Å². The van der Waals surface area contributed by atoms with Crippen LogP contribution in [0, 0.1) is 5.92 Å². The maximum absolute atomic E-state index is 13.0. The molecule has 1 N–H and O–H groups in total. The van der Waals surface area contributed by atoms with Crippen LogP contribution in [-0.4, -0.2) is 23.3 Å². The lowest BCUT2D eigenvalue weighted by Crippen LogP contribution is -2.30. The first-order valence-electron chi connectivity index (χ1n) is 8.99. The fourth-order valence-corrected chi connectivity index (χ4v) is 3.52. The van der Waals surface area contributed by atoms with E-state index in [2.05, 4.69) is 17.4 Å². The summed E-state index contributed by atoms with van der Waals surface area (Å²) in [4.78, 5) is 26.9. The molecule has 0 spiro atoms. The van der Waals surface area contributed by atoms with Gasteiger partial charge < -0.3 is 10.2 Å². The van der Waals surface area contributed by atoms with Crippen LogP contribution in [0.5, 0.6) is 0 Å². The standard InChI is InChI=1S/C21H22N2O2/c24-20(16-11-12-16)22-18-9-4-8-17(14-18)21(25)23-13-5-10-19(23)15-6-2-1-3-7-15/h1-4,6-9,14,16,19H,5,10-13H2,(H,22,24)/t19-/m1/s1. The minimum atomic E-state index is 0.0360. The van der Waals surface area contributed by atoms with E-state index in [1.165, 1.54) is 5.56 Å². The van der Waals surface area contributed by atoms with Crippen molar-refractivity contribution in [3.05, 3.63) is 65.7 Å². The van der Waals surface area contributed by atoms with Crippen LogP contribution in [0.1, 0.15) is 47.6 Å². The summed E-state index contributed by atoms with van der Waals surface area (Å²) in [5.41, 5.74) is 2.53. The van der Waals surface area contributed by atoms with Crippen LogP contribution >= 0.6 is 0 Å². The normalized spacial score (nSPS) is 19.7. The molecule has 2 aliphatic rings. The molecule has 0 aromatic heterocycles. The lowest BCUT2D eigenvalue weighted by Gasteiger charge is -2.25. The summed E-state index contributed by atoms with van der Waals surface area (Å²) in [6, 6.07) is 17.6. The highest BCUT2D eigenvalue weighted by Crippen LogP contribution is 2.33. The van der Waals surface area contributed by atoms with E-state index in [0.29, 0.717) is 11.3 Å². The van der Waals surface area contributed by atoms with Crippen molar-refractivity contribution in [1.29, 1.82) is 0 Å². The largest absolute Gasteiger partial charge is 0.332 e. The average molecular weight is 334 g/mol. The Morgan fingerprint density at radius 3 is 2.52 bits per heavy atom. The van der Waals surface area contributed by atoms with Crippen molar-refractivity contribution >= 4 is 17.5 Å². The molecule has 4 nitrogen and oxygen atoms in total. The van der Waals surface area contributed by atoms with Crippen LogP contribution in [-0.2, 0) is 4.79 Å². The second-order valence-electron chi connectivity index (χ2n) is 6.91. The van der Waals surface area contributed by atoms with Gasteiger partial charge in [-0.05, 0) is 49.4 Å². The third kappa shape index (κ3) is 3.43. The van der Waals surface area contributed by atoms with E-state index in [-0.39, 0.29) is 23.8 Å². The predicted octanol–water partition coefficient (Wildman–Crippen LogP) is 4.01. The number of benzene rings is 2. The summed E-state index contributed by atoms with van der Waals surface area (Å²) in [7, 11) is 0. The third-order valence-corrected chi connectivity index (χ3v) is 5.02. The maximum atomic E-state index is 13.0. The van der Waals surface area contributed by atoms with E-state index in [9.17, 15) is 9.59 Å². The number of nitrogens with one attached hydrogen (secondary N) is 1. The predicted molar refractivity (Wildman–Crippen MR) is 97.2 cm³/mol. The molecule has 0 unspecified atom stereocenters. The maximum Gasteiger partial charge on any atom is 0.254 e. The minimum Gasteiger partial charge on any atom is -0.332 e. The lowest BCUT2D eigenvalue weighted by atomic mass is 10.0. The van der Waals surface area contributed by atoms with Gasteiger partial charge in [0.15, 0.2) is 0 Å². The number of amides is 2. The van der Waals surface area contributed by atoms with Gasteiger partial charge in [-0.3, -0.25) is 9.59 Å². The van der Waals surface area contributed by atoms with Gasteiger partial charge >= 0.3 is 0 Å². The van der Waals surface area contributed by atoms with E-state index in [4.69, 9.17) is 0 Å². The highest BCUT2D eigenvalue weighted by Gasteiger charge is 2.31. The van der Waals surface area contributed by atoms with Gasteiger partial charge in [0.05, 0.1) is 6.04 Å². The van der Waals surface area contributed by atoms with Crippen LogP contribution < -0.4 is 5.32 Å². The number of anilines is 1. The number of nitrogens with zero attached hydrogens (tertiary/aromatic N) is 1. The SMILES string of the molecule is O=C(Nc1cccc(C(=O)N2CCC[C@@H]2c2ccccc2)c1)C1CC1. The molecule has 2 aromatic rings. The zero-order valence-corrected chi connectivity index (χ0v) is 14.2. The smallest absolute Gasteiger partial charge is 0.254 e. The number of hydrogen-bond acceptors (Lipinski definition) is 2. The summed E-state index contributed by atoms with van der Waals surface area (Å²) in [6.07, 6.45) is 3.95. The lowest BCUT2D eigenvalue weighted by molar-refractivity contribution is -0.117. The Kier molecular flexibility index (Phi) is 4.26. The molecule has 128 valence electrons. The van der Waals surface area contributed by atoms with Crippen LogP contribution in [0.4, 0.5) is 5.69 Å². The Morgan fingerprint density at radius 1 is 0.960 bits per heavy atom. The van der Waals surface area contributed by atoms with Crippen molar-refractivity contribution in [2.45, 2.75) is 31.7 Å². The zero-order chi connectivity index (χ0) is 17.2. The molecule has 2 amide bonds. The number of carbonyl (C=O) groups excluding carboxylic acids is 2. The van der Waals surface area contributed by atoms with Gasteiger partial charge in [0.25, 0.3) is 5.91 Å². The van der Waals surface area contributed by atoms with Gasteiger partial charge in [0, 0.05) is 23.7 Å². The first-order valence-corrected chi connectivity index (χ1v) is 8.99. The topological polar surface area (TPSA) is 49.4 Å². The van der Waals surface area contributed by atoms with Gasteiger partial charge in [-0.25, -0.2) is 0 Å². The summed E-state index contributed by atoms with van der Waals surface area (Å²) in [5.74, 6) is 0.252. The summed E-state index contributed by atoms with van der Waals surface area (Å²) >= 11 is 0. The molecule has 1 heterocycles. The molecule has 0 radical (unpaired) electrons. The molecular formula is C21H22N2O2. The molecule has 25 heavy (non-hydrogen) atoms. The van der Waals surface area contributed by atoms with Gasteiger partial charge in [-0.15, -0.1) is 0 Å². The van der Waals surface area contributed by atoms with E-state index in [1.807, 2.05) is 41.3 Å². The van der Waals surface area contributed by atoms with Gasteiger partial charge in [-0.1, -0.05) is 36.4 Å². The first-order chi connectivity index (χ1) is 12.2. The third-order valence-electron chi connectivity index (χ3n) is 5.02. The monoisotopic (exact) mass is 334 g/mol. The fraction of sp³-hybridized carbons (Fsp3) is 0.333. The quantitative estimate of drug-likeness (QED) is 0.918. The minimum absolute atomic E-state index is 0.0360. The van der Waals surface area contributed by atoms with Crippen molar-refractivity contribution < 1.29 is 9.59 Å². The Bertz CT molecular complexity index is 783. The molecule has 1 saturated heterocycles. The van der Waals surface area contributed by atoms with Crippen molar-refractivity contribution in [3.8, 4) is 0 Å². The second-order valence-corrected chi connectivity index (χ2v) is 6.91. The highest BCUT2D eigenvalue weighted by molar-refractivity contribution is 5.98. The molecule has 1 atom stereocenters.